The predicted molar refractivity (Wildman–Crippen MR) is 130 cm³/mol. The fourth-order valence-corrected chi connectivity index (χ4v) is 4.42. The van der Waals surface area contributed by atoms with Gasteiger partial charge in [-0.15, -0.1) is 0 Å². The number of hydrogen-bond acceptors (Lipinski definition) is 6. The van der Waals surface area contributed by atoms with Crippen LogP contribution in [0.15, 0.2) is 42.9 Å². The number of halogens is 6. The van der Waals surface area contributed by atoms with Crippen molar-refractivity contribution in [2.45, 2.75) is 12.1 Å². The van der Waals surface area contributed by atoms with E-state index in [4.69, 9.17) is 11.6 Å². The Hall–Kier alpha value is -3.46. The van der Waals surface area contributed by atoms with Crippen LogP contribution in [0.4, 0.5) is 33.3 Å². The van der Waals surface area contributed by atoms with Gasteiger partial charge in [0.05, 0.1) is 53.7 Å². The van der Waals surface area contributed by atoms with E-state index >= 15 is 0 Å². The summed E-state index contributed by atoms with van der Waals surface area (Å²) in [6.07, 6.45) is 0.573. The summed E-state index contributed by atoms with van der Waals surface area (Å²) in [5, 5.41) is 1.99. The fraction of sp³-hybridized carbons (Fsp3) is 0.318. The number of rotatable bonds is 8. The summed E-state index contributed by atoms with van der Waals surface area (Å²) < 4.78 is 92.5. The number of nitrogens with one attached hydrogen (secondary N) is 3. The van der Waals surface area contributed by atoms with Gasteiger partial charge in [0.15, 0.2) is 5.82 Å². The van der Waals surface area contributed by atoms with Crippen molar-refractivity contribution < 1.29 is 35.2 Å². The maximum atomic E-state index is 14.8. The normalized spacial score (nSPS) is 14.8. The Morgan fingerprint density at radius 1 is 1.13 bits per heavy atom. The second-order valence-corrected chi connectivity index (χ2v) is 10.9. The van der Waals surface area contributed by atoms with Crippen LogP contribution < -0.4 is 14.9 Å². The van der Waals surface area contributed by atoms with E-state index in [-0.39, 0.29) is 40.9 Å². The molecule has 1 aliphatic heterocycles. The van der Waals surface area contributed by atoms with Crippen LogP contribution in [0, 0.1) is 5.92 Å². The maximum Gasteiger partial charge on any atom is 0.395 e. The quantitative estimate of drug-likeness (QED) is 0.347. The highest BCUT2D eigenvalue weighted by Crippen LogP contribution is 2.36. The van der Waals surface area contributed by atoms with Crippen LogP contribution in [0.2, 0.25) is 5.02 Å². The Kier molecular flexibility index (Phi) is 7.27. The summed E-state index contributed by atoms with van der Waals surface area (Å²) in [4.78, 5) is 24.9. The topological polar surface area (TPSA) is 120 Å². The molecule has 1 saturated heterocycles. The molecule has 1 aliphatic rings. The molecule has 0 saturated carbocycles. The van der Waals surface area contributed by atoms with Crippen molar-refractivity contribution in [3.8, 4) is 11.5 Å². The Morgan fingerprint density at radius 2 is 1.79 bits per heavy atom. The Bertz CT molecular complexity index is 1440. The molecule has 1 amide bonds. The number of nitrogens with zero attached hydrogens (tertiary/aromatic N) is 3. The molecule has 0 bridgehead atoms. The monoisotopic (exact) mass is 578 g/mol. The van der Waals surface area contributed by atoms with Gasteiger partial charge in [0, 0.05) is 29.9 Å². The molecule has 0 atom stereocenters. The van der Waals surface area contributed by atoms with E-state index in [9.17, 15) is 35.2 Å². The molecule has 3 N–H and O–H groups in total. The van der Waals surface area contributed by atoms with Crippen LogP contribution in [0.5, 0.6) is 0 Å². The lowest BCUT2D eigenvalue weighted by atomic mass is 9.99. The zero-order valence-corrected chi connectivity index (χ0v) is 21.1. The number of carbonyl (C=O) groups excluding carboxylic acids is 1. The van der Waals surface area contributed by atoms with E-state index in [0.29, 0.717) is 5.69 Å². The highest BCUT2D eigenvalue weighted by molar-refractivity contribution is 7.92. The minimum Gasteiger partial charge on any atom is -0.368 e. The first kappa shape index (κ1) is 27.6. The van der Waals surface area contributed by atoms with Crippen LogP contribution in [-0.2, 0) is 15.9 Å². The summed E-state index contributed by atoms with van der Waals surface area (Å²) in [5.74, 6) is -5.67. The van der Waals surface area contributed by atoms with Crippen molar-refractivity contribution in [2.24, 2.45) is 5.92 Å². The molecule has 3 heterocycles. The second-order valence-electron chi connectivity index (χ2n) is 8.70. The molecule has 38 heavy (non-hydrogen) atoms. The Morgan fingerprint density at radius 3 is 2.39 bits per heavy atom. The molecule has 2 aromatic heterocycles. The molecule has 1 fully saturated rings. The molecule has 0 unspecified atom stereocenters. The number of alkyl halides is 5. The van der Waals surface area contributed by atoms with Gasteiger partial charge in [-0.3, -0.25) is 9.52 Å². The molecular weight excluding hydrogens is 559 g/mol. The molecule has 4 rings (SSSR count). The van der Waals surface area contributed by atoms with Gasteiger partial charge in [0.25, 0.3) is 11.8 Å². The third-order valence-electron chi connectivity index (χ3n) is 5.63. The maximum absolute atomic E-state index is 14.8. The first-order valence-electron chi connectivity index (χ1n) is 10.9. The summed E-state index contributed by atoms with van der Waals surface area (Å²) in [6, 6.07) is 4.37. The third kappa shape index (κ3) is 6.51. The molecule has 0 aliphatic carbocycles. The van der Waals surface area contributed by atoms with Gasteiger partial charge < -0.3 is 15.2 Å². The Labute approximate surface area is 218 Å². The van der Waals surface area contributed by atoms with Crippen molar-refractivity contribution in [2.75, 3.05) is 35.5 Å². The number of benzene rings is 1. The number of H-pyrrole nitrogens is 1. The molecular formula is C22H20ClF5N6O3S. The summed E-state index contributed by atoms with van der Waals surface area (Å²) in [7, 11) is -3.73. The van der Waals surface area contributed by atoms with Gasteiger partial charge in [-0.05, 0) is 24.3 Å². The van der Waals surface area contributed by atoms with E-state index in [0.717, 1.165) is 18.4 Å². The van der Waals surface area contributed by atoms with Crippen LogP contribution in [0.3, 0.4) is 0 Å². The van der Waals surface area contributed by atoms with Crippen LogP contribution in [-0.4, -0.2) is 61.3 Å². The van der Waals surface area contributed by atoms with Crippen molar-refractivity contribution in [1.82, 2.24) is 20.3 Å². The zero-order chi connectivity index (χ0) is 27.9. The minimum atomic E-state index is -4.25. The number of hydrogen-bond donors (Lipinski definition) is 3. The van der Waals surface area contributed by atoms with E-state index in [1.54, 1.807) is 0 Å². The molecule has 0 spiro atoms. The average molecular weight is 579 g/mol. The second kappa shape index (κ2) is 10.0. The number of aromatic amines is 1. The highest BCUT2D eigenvalue weighted by Gasteiger charge is 2.47. The van der Waals surface area contributed by atoms with Crippen molar-refractivity contribution in [1.29, 1.82) is 0 Å². The summed E-state index contributed by atoms with van der Waals surface area (Å²) in [6.45, 7) is -1.48. The van der Waals surface area contributed by atoms with Gasteiger partial charge in [0.2, 0.25) is 10.0 Å². The van der Waals surface area contributed by atoms with Crippen molar-refractivity contribution >= 4 is 38.9 Å². The number of carbonyl (C=O) groups is 1. The number of aromatic nitrogens is 3. The van der Waals surface area contributed by atoms with Gasteiger partial charge in [-0.2, -0.15) is 22.0 Å². The van der Waals surface area contributed by atoms with Gasteiger partial charge in [-0.25, -0.2) is 18.4 Å². The van der Waals surface area contributed by atoms with E-state index in [1.807, 2.05) is 0 Å². The van der Waals surface area contributed by atoms with Crippen LogP contribution in [0.25, 0.3) is 11.5 Å². The number of anilines is 2. The first-order valence-corrected chi connectivity index (χ1v) is 13.1. The SMILES string of the molecule is CS(=O)(=O)Nc1cc(Cl)cc(C(F)(F)CNC(=O)c2c[nH]c(-c3ncc(N4CC(C(F)(F)F)C4)cn3)c2)c1. The molecule has 204 valence electrons. The van der Waals surface area contributed by atoms with E-state index in [1.165, 1.54) is 35.6 Å². The van der Waals surface area contributed by atoms with Crippen molar-refractivity contribution in [3.63, 3.8) is 0 Å². The zero-order valence-electron chi connectivity index (χ0n) is 19.5. The average Bonchev–Trinajstić information content (AvgIpc) is 3.25. The van der Waals surface area contributed by atoms with Gasteiger partial charge in [0.1, 0.15) is 0 Å². The van der Waals surface area contributed by atoms with Crippen molar-refractivity contribution in [3.05, 3.63) is 59.0 Å². The highest BCUT2D eigenvalue weighted by atomic mass is 35.5. The first-order chi connectivity index (χ1) is 17.6. The minimum absolute atomic E-state index is 0.00441. The molecule has 1 aromatic carbocycles. The molecule has 16 heteroatoms. The van der Waals surface area contributed by atoms with Gasteiger partial charge in [-0.1, -0.05) is 11.6 Å². The third-order valence-corrected chi connectivity index (χ3v) is 6.45. The van der Waals surface area contributed by atoms with E-state index < -0.39 is 46.1 Å². The largest absolute Gasteiger partial charge is 0.395 e. The fourth-order valence-electron chi connectivity index (χ4n) is 3.64. The lowest BCUT2D eigenvalue weighted by molar-refractivity contribution is -0.180. The van der Waals surface area contributed by atoms with Crippen LogP contribution >= 0.6 is 11.6 Å². The lowest BCUT2D eigenvalue weighted by Crippen LogP contribution is -2.53. The summed E-state index contributed by atoms with van der Waals surface area (Å²) >= 11 is 5.85. The lowest BCUT2D eigenvalue weighted by Gasteiger charge is -2.41. The molecule has 0 radical (unpaired) electrons. The Balaban J connectivity index is 1.38. The van der Waals surface area contributed by atoms with Crippen LogP contribution in [0.1, 0.15) is 15.9 Å². The number of sulfonamides is 1. The number of amides is 1. The smallest absolute Gasteiger partial charge is 0.368 e. The molecule has 3 aromatic rings. The van der Waals surface area contributed by atoms with Gasteiger partial charge >= 0.3 is 6.18 Å². The standard InChI is InChI=1S/C22H20ClF5N6O3S/c1-38(36,37)33-16-4-13(3-15(23)5-16)21(24,25)11-32-20(35)12-2-18(29-6-12)19-30-7-17(8-31-19)34-9-14(10-34)22(26,27)28/h2-8,14,29,33H,9-11H2,1H3,(H,32,35). The molecule has 9 nitrogen and oxygen atoms in total. The predicted octanol–water partition coefficient (Wildman–Crippen LogP) is 4.02. The van der Waals surface area contributed by atoms with E-state index in [2.05, 4.69) is 25.0 Å². The summed E-state index contributed by atoms with van der Waals surface area (Å²) in [5.41, 5.74) is -0.0572.